The Bertz CT molecular complexity index is 691. The molecule has 0 aliphatic rings. The van der Waals surface area contributed by atoms with Crippen molar-refractivity contribution >= 4 is 9.84 Å². The molecular weight excluding hydrogens is 290 g/mol. The maximum atomic E-state index is 11.5. The molecule has 2 rings (SSSR count). The van der Waals surface area contributed by atoms with Gasteiger partial charge in [0.05, 0.1) is 11.2 Å². The Morgan fingerprint density at radius 1 is 1.29 bits per heavy atom. The van der Waals surface area contributed by atoms with Crippen LogP contribution in [-0.4, -0.2) is 21.2 Å². The molecule has 6 heteroatoms. The van der Waals surface area contributed by atoms with E-state index in [0.717, 1.165) is 24.4 Å². The quantitative estimate of drug-likeness (QED) is 0.850. The van der Waals surface area contributed by atoms with E-state index < -0.39 is 9.84 Å². The summed E-state index contributed by atoms with van der Waals surface area (Å²) in [6.45, 7) is 3.89. The zero-order valence-corrected chi connectivity index (χ0v) is 12.9. The van der Waals surface area contributed by atoms with E-state index in [0.29, 0.717) is 5.75 Å². The van der Waals surface area contributed by atoms with E-state index in [-0.39, 0.29) is 11.5 Å². The van der Waals surface area contributed by atoms with Crippen molar-refractivity contribution in [3.05, 3.63) is 47.9 Å². The second-order valence-corrected chi connectivity index (χ2v) is 6.70. The minimum Gasteiger partial charge on any atom is -0.486 e. The molecule has 1 aromatic carbocycles. The first-order valence-electron chi connectivity index (χ1n) is 6.69. The van der Waals surface area contributed by atoms with E-state index in [1.165, 1.54) is 12.3 Å². The molecule has 0 bridgehead atoms. The van der Waals surface area contributed by atoms with E-state index in [1.54, 1.807) is 24.5 Å². The minimum atomic E-state index is -3.23. The Morgan fingerprint density at radius 3 is 2.81 bits per heavy atom. The highest BCUT2D eigenvalue weighted by Crippen LogP contribution is 2.20. The number of nitrogens with one attached hydrogen (secondary N) is 1. The molecule has 0 aliphatic carbocycles. The molecule has 5 nitrogen and oxygen atoms in total. The summed E-state index contributed by atoms with van der Waals surface area (Å²) in [7, 11) is -3.23. The van der Waals surface area contributed by atoms with E-state index in [9.17, 15) is 8.42 Å². The third-order valence-corrected chi connectivity index (χ3v) is 4.12. The molecule has 0 spiro atoms. The topological polar surface area (TPSA) is 68.5 Å². The zero-order chi connectivity index (χ0) is 15.3. The molecule has 1 aromatic heterocycles. The number of benzene rings is 1. The molecule has 114 valence electrons. The third-order valence-electron chi connectivity index (χ3n) is 3.01. The van der Waals surface area contributed by atoms with Crippen molar-refractivity contribution in [1.82, 2.24) is 5.32 Å². The average molecular weight is 309 g/mol. The van der Waals surface area contributed by atoms with Crippen molar-refractivity contribution in [3.63, 3.8) is 0 Å². The van der Waals surface area contributed by atoms with Crippen LogP contribution in [0.15, 0.2) is 45.9 Å². The van der Waals surface area contributed by atoms with Gasteiger partial charge < -0.3 is 14.5 Å². The first-order valence-corrected chi connectivity index (χ1v) is 8.58. The molecule has 0 atom stereocenters. The summed E-state index contributed by atoms with van der Waals surface area (Å²) < 4.78 is 34.0. The van der Waals surface area contributed by atoms with Crippen LogP contribution in [0.2, 0.25) is 0 Å². The number of ether oxygens (including phenoxy) is 1. The van der Waals surface area contributed by atoms with Crippen molar-refractivity contribution in [2.24, 2.45) is 0 Å². The van der Waals surface area contributed by atoms with Gasteiger partial charge in [0.25, 0.3) is 0 Å². The summed E-state index contributed by atoms with van der Waals surface area (Å²) >= 11 is 0. The van der Waals surface area contributed by atoms with Gasteiger partial charge in [-0.1, -0.05) is 13.0 Å². The molecule has 0 unspecified atom stereocenters. The number of furan rings is 1. The van der Waals surface area contributed by atoms with E-state index >= 15 is 0 Å². The van der Waals surface area contributed by atoms with Crippen LogP contribution < -0.4 is 10.1 Å². The highest BCUT2D eigenvalue weighted by atomic mass is 32.2. The van der Waals surface area contributed by atoms with Crippen molar-refractivity contribution < 1.29 is 17.6 Å². The number of rotatable bonds is 7. The summed E-state index contributed by atoms with van der Waals surface area (Å²) in [6.07, 6.45) is 2.80. The molecule has 0 fully saturated rings. The van der Waals surface area contributed by atoms with Crippen molar-refractivity contribution in [2.45, 2.75) is 25.0 Å². The summed E-state index contributed by atoms with van der Waals surface area (Å²) in [4.78, 5) is 0.243. The Balaban J connectivity index is 2.05. The smallest absolute Gasteiger partial charge is 0.175 e. The van der Waals surface area contributed by atoms with Gasteiger partial charge in [0.1, 0.15) is 18.1 Å². The second-order valence-electron chi connectivity index (χ2n) is 4.69. The Hall–Kier alpha value is -1.79. The Kier molecular flexibility index (Phi) is 5.03. The fraction of sp³-hybridized carbons (Fsp3) is 0.333. The molecular formula is C15H19NO4S. The highest BCUT2D eigenvalue weighted by Gasteiger charge is 2.10. The molecule has 0 aliphatic heterocycles. The van der Waals surface area contributed by atoms with Gasteiger partial charge >= 0.3 is 0 Å². The zero-order valence-electron chi connectivity index (χ0n) is 12.1. The lowest BCUT2D eigenvalue weighted by Gasteiger charge is -2.08. The van der Waals surface area contributed by atoms with E-state index in [2.05, 4.69) is 5.32 Å². The summed E-state index contributed by atoms with van der Waals surface area (Å²) in [5, 5.41) is 3.22. The highest BCUT2D eigenvalue weighted by molar-refractivity contribution is 7.90. The molecule has 0 amide bonds. The standard InChI is InChI=1S/C15H19NO4S/c1-3-16-10-12-7-8-19-15(12)11-20-13-5-4-6-14(9-13)21(2,17)18/h4-9,16H,3,10-11H2,1-2H3. The van der Waals surface area contributed by atoms with Crippen molar-refractivity contribution in [1.29, 1.82) is 0 Å². The van der Waals surface area contributed by atoms with Crippen molar-refractivity contribution in [2.75, 3.05) is 12.8 Å². The van der Waals surface area contributed by atoms with Crippen LogP contribution in [0.5, 0.6) is 5.75 Å². The number of hydrogen-bond acceptors (Lipinski definition) is 5. The molecule has 0 saturated carbocycles. The maximum Gasteiger partial charge on any atom is 0.175 e. The van der Waals surface area contributed by atoms with Gasteiger partial charge in [-0.05, 0) is 30.8 Å². The fourth-order valence-corrected chi connectivity index (χ4v) is 2.51. The Labute approximate surface area is 124 Å². The predicted molar refractivity (Wildman–Crippen MR) is 80.0 cm³/mol. The van der Waals surface area contributed by atoms with Gasteiger partial charge in [-0.2, -0.15) is 0 Å². The summed E-state index contributed by atoms with van der Waals surface area (Å²) in [5.74, 6) is 1.24. The van der Waals surface area contributed by atoms with Crippen LogP contribution >= 0.6 is 0 Å². The van der Waals surface area contributed by atoms with Crippen molar-refractivity contribution in [3.8, 4) is 5.75 Å². The second kappa shape index (κ2) is 6.78. The van der Waals surface area contributed by atoms with Gasteiger partial charge in [0.2, 0.25) is 0 Å². The molecule has 1 N–H and O–H groups in total. The van der Waals surface area contributed by atoms with Gasteiger partial charge in [-0.25, -0.2) is 8.42 Å². The first-order chi connectivity index (χ1) is 10.0. The van der Waals surface area contributed by atoms with Crippen LogP contribution in [0.4, 0.5) is 0 Å². The molecule has 2 aromatic rings. The molecule has 21 heavy (non-hydrogen) atoms. The van der Waals surface area contributed by atoms with Gasteiger partial charge in [0.15, 0.2) is 9.84 Å². The van der Waals surface area contributed by atoms with Gasteiger partial charge in [0, 0.05) is 18.4 Å². The van der Waals surface area contributed by atoms with Crippen LogP contribution in [0.3, 0.4) is 0 Å². The predicted octanol–water partition coefficient (Wildman–Crippen LogP) is 2.37. The lowest BCUT2D eigenvalue weighted by molar-refractivity contribution is 0.267. The molecule has 0 radical (unpaired) electrons. The average Bonchev–Trinajstić information content (AvgIpc) is 2.90. The van der Waals surface area contributed by atoms with Crippen LogP contribution in [0, 0.1) is 0 Å². The third kappa shape index (κ3) is 4.34. The number of sulfone groups is 1. The van der Waals surface area contributed by atoms with Gasteiger partial charge in [-0.15, -0.1) is 0 Å². The lowest BCUT2D eigenvalue weighted by Crippen LogP contribution is -2.12. The summed E-state index contributed by atoms with van der Waals surface area (Å²) in [6, 6.07) is 8.34. The molecule has 1 heterocycles. The maximum absolute atomic E-state index is 11.5. The summed E-state index contributed by atoms with van der Waals surface area (Å²) in [5.41, 5.74) is 1.04. The van der Waals surface area contributed by atoms with E-state index in [4.69, 9.17) is 9.15 Å². The molecule has 0 saturated heterocycles. The Morgan fingerprint density at radius 2 is 2.10 bits per heavy atom. The normalized spacial score (nSPS) is 11.5. The van der Waals surface area contributed by atoms with Crippen LogP contribution in [0.1, 0.15) is 18.2 Å². The van der Waals surface area contributed by atoms with E-state index in [1.807, 2.05) is 13.0 Å². The van der Waals surface area contributed by atoms with Crippen LogP contribution in [-0.2, 0) is 23.0 Å². The SMILES string of the molecule is CCNCc1ccoc1COc1cccc(S(C)(=O)=O)c1. The number of hydrogen-bond donors (Lipinski definition) is 1. The minimum absolute atomic E-state index is 0.243. The fourth-order valence-electron chi connectivity index (χ4n) is 1.85. The van der Waals surface area contributed by atoms with Gasteiger partial charge in [-0.3, -0.25) is 0 Å². The largest absolute Gasteiger partial charge is 0.486 e. The first kappa shape index (κ1) is 15.6. The monoisotopic (exact) mass is 309 g/mol. The van der Waals surface area contributed by atoms with Crippen LogP contribution in [0.25, 0.3) is 0 Å². The lowest BCUT2D eigenvalue weighted by atomic mass is 10.2.